The molecule has 0 saturated heterocycles. The first-order chi connectivity index (χ1) is 9.42. The molecule has 0 bridgehead atoms. The molecule has 2 atom stereocenters. The highest BCUT2D eigenvalue weighted by molar-refractivity contribution is 7.91. The Hall–Kier alpha value is -0.960. The van der Waals surface area contributed by atoms with Crippen molar-refractivity contribution >= 4 is 27.3 Å². The van der Waals surface area contributed by atoms with E-state index in [1.165, 1.54) is 7.05 Å². The van der Waals surface area contributed by atoms with Crippen molar-refractivity contribution in [3.63, 3.8) is 0 Å². The van der Waals surface area contributed by atoms with Crippen molar-refractivity contribution in [3.05, 3.63) is 17.0 Å². The van der Waals surface area contributed by atoms with Gasteiger partial charge in [0.05, 0.1) is 6.54 Å². The van der Waals surface area contributed by atoms with Crippen LogP contribution in [0.4, 0.5) is 0 Å². The van der Waals surface area contributed by atoms with Crippen LogP contribution >= 0.6 is 11.3 Å². The van der Waals surface area contributed by atoms with E-state index < -0.39 is 10.0 Å². The predicted molar refractivity (Wildman–Crippen MR) is 77.7 cm³/mol. The summed E-state index contributed by atoms with van der Waals surface area (Å²) in [6.45, 7) is 0.356. The lowest BCUT2D eigenvalue weighted by Gasteiger charge is -2.09. The van der Waals surface area contributed by atoms with Crippen molar-refractivity contribution in [1.82, 2.24) is 10.0 Å². The topological polar surface area (TPSA) is 101 Å². The molecule has 1 fully saturated rings. The number of carbonyl (C=O) groups is 1. The summed E-state index contributed by atoms with van der Waals surface area (Å²) < 4.78 is 25.7. The van der Waals surface area contributed by atoms with Crippen LogP contribution in [-0.2, 0) is 21.4 Å². The van der Waals surface area contributed by atoms with Crippen molar-refractivity contribution < 1.29 is 13.2 Å². The SMILES string of the molecule is CNS(=O)(=O)c1ccc(CNC(=O)C2CCC(N)C2)s1. The Kier molecular flexibility index (Phi) is 4.79. The zero-order valence-electron chi connectivity index (χ0n) is 11.3. The second kappa shape index (κ2) is 6.21. The molecule has 1 amide bonds. The lowest BCUT2D eigenvalue weighted by Crippen LogP contribution is -2.29. The lowest BCUT2D eigenvalue weighted by molar-refractivity contribution is -0.124. The molecule has 1 saturated carbocycles. The highest BCUT2D eigenvalue weighted by atomic mass is 32.2. The van der Waals surface area contributed by atoms with E-state index in [0.29, 0.717) is 6.54 Å². The number of nitrogens with one attached hydrogen (secondary N) is 2. The van der Waals surface area contributed by atoms with E-state index in [-0.39, 0.29) is 22.1 Å². The number of nitrogens with two attached hydrogens (primary N) is 1. The lowest BCUT2D eigenvalue weighted by atomic mass is 10.1. The molecule has 0 aromatic carbocycles. The van der Waals surface area contributed by atoms with Gasteiger partial charge in [-0.3, -0.25) is 4.79 Å². The zero-order valence-corrected chi connectivity index (χ0v) is 12.9. The Morgan fingerprint density at radius 3 is 2.80 bits per heavy atom. The average Bonchev–Trinajstić information content (AvgIpc) is 3.05. The predicted octanol–water partition coefficient (Wildman–Crippen LogP) is 0.400. The summed E-state index contributed by atoms with van der Waals surface area (Å²) in [5.74, 6) is -0.00477. The third kappa shape index (κ3) is 3.57. The van der Waals surface area contributed by atoms with Gasteiger partial charge in [-0.1, -0.05) is 0 Å². The van der Waals surface area contributed by atoms with Gasteiger partial charge in [-0.15, -0.1) is 11.3 Å². The molecule has 6 nitrogen and oxygen atoms in total. The fourth-order valence-corrected chi connectivity index (χ4v) is 4.40. The molecule has 0 aliphatic heterocycles. The van der Waals surface area contributed by atoms with Gasteiger partial charge in [0.1, 0.15) is 4.21 Å². The van der Waals surface area contributed by atoms with E-state index in [1.807, 2.05) is 0 Å². The summed E-state index contributed by atoms with van der Waals surface area (Å²) in [5.41, 5.74) is 5.79. The molecule has 1 aliphatic carbocycles. The van der Waals surface area contributed by atoms with Gasteiger partial charge >= 0.3 is 0 Å². The van der Waals surface area contributed by atoms with Gasteiger partial charge in [-0.25, -0.2) is 13.1 Å². The van der Waals surface area contributed by atoms with Crippen LogP contribution in [0.25, 0.3) is 0 Å². The van der Waals surface area contributed by atoms with E-state index >= 15 is 0 Å². The van der Waals surface area contributed by atoms with Crippen LogP contribution in [0.2, 0.25) is 0 Å². The minimum atomic E-state index is -3.40. The summed E-state index contributed by atoms with van der Waals surface area (Å²) in [6.07, 6.45) is 2.45. The van der Waals surface area contributed by atoms with Crippen LogP contribution in [0.5, 0.6) is 0 Å². The van der Waals surface area contributed by atoms with E-state index in [9.17, 15) is 13.2 Å². The van der Waals surface area contributed by atoms with Crippen molar-refractivity contribution in [2.24, 2.45) is 11.7 Å². The van der Waals surface area contributed by atoms with Crippen LogP contribution in [0.1, 0.15) is 24.1 Å². The van der Waals surface area contributed by atoms with Crippen molar-refractivity contribution in [2.75, 3.05) is 7.05 Å². The minimum absolute atomic E-state index is 0.00405. The molecular weight excluding hydrogens is 298 g/mol. The quantitative estimate of drug-likeness (QED) is 0.731. The molecular formula is C12H19N3O3S2. The fourth-order valence-electron chi connectivity index (χ4n) is 2.27. The molecule has 0 radical (unpaired) electrons. The van der Waals surface area contributed by atoms with Gasteiger partial charge in [0.25, 0.3) is 0 Å². The Labute approximate surface area is 122 Å². The Balaban J connectivity index is 1.90. The van der Waals surface area contributed by atoms with Gasteiger partial charge in [-0.05, 0) is 38.4 Å². The van der Waals surface area contributed by atoms with E-state index in [1.54, 1.807) is 12.1 Å². The summed E-state index contributed by atoms with van der Waals surface area (Å²) in [6, 6.07) is 3.39. The maximum absolute atomic E-state index is 11.9. The third-order valence-corrected chi connectivity index (χ3v) is 6.44. The first kappa shape index (κ1) is 15.4. The molecule has 1 heterocycles. The molecule has 2 rings (SSSR count). The molecule has 20 heavy (non-hydrogen) atoms. The molecule has 4 N–H and O–H groups in total. The monoisotopic (exact) mass is 317 g/mol. The molecule has 1 aromatic heterocycles. The van der Waals surface area contributed by atoms with Crippen molar-refractivity contribution in [1.29, 1.82) is 0 Å². The molecule has 1 aliphatic rings. The number of carbonyl (C=O) groups excluding carboxylic acids is 1. The summed E-state index contributed by atoms with van der Waals surface area (Å²) >= 11 is 1.16. The first-order valence-corrected chi connectivity index (χ1v) is 8.78. The fraction of sp³-hybridized carbons (Fsp3) is 0.583. The Bertz CT molecular complexity index is 583. The average molecular weight is 317 g/mol. The number of hydrogen-bond donors (Lipinski definition) is 3. The number of sulfonamides is 1. The maximum Gasteiger partial charge on any atom is 0.249 e. The molecule has 1 aromatic rings. The highest BCUT2D eigenvalue weighted by Gasteiger charge is 2.27. The molecule has 0 spiro atoms. The summed E-state index contributed by atoms with van der Waals surface area (Å²) in [4.78, 5) is 12.7. The molecule has 112 valence electrons. The van der Waals surface area contributed by atoms with Gasteiger partial charge in [0.2, 0.25) is 15.9 Å². The number of hydrogen-bond acceptors (Lipinski definition) is 5. The molecule has 2 unspecified atom stereocenters. The van der Waals surface area contributed by atoms with Crippen LogP contribution in [0, 0.1) is 5.92 Å². The van der Waals surface area contributed by atoms with Gasteiger partial charge in [-0.2, -0.15) is 0 Å². The summed E-state index contributed by atoms with van der Waals surface area (Å²) in [5, 5.41) is 2.84. The minimum Gasteiger partial charge on any atom is -0.351 e. The molecule has 8 heteroatoms. The Morgan fingerprint density at radius 1 is 1.45 bits per heavy atom. The summed E-state index contributed by atoms with van der Waals surface area (Å²) in [7, 11) is -2.02. The van der Waals surface area contributed by atoms with E-state index in [2.05, 4.69) is 10.0 Å². The van der Waals surface area contributed by atoms with Crippen molar-refractivity contribution in [2.45, 2.75) is 36.1 Å². The highest BCUT2D eigenvalue weighted by Crippen LogP contribution is 2.25. The maximum atomic E-state index is 11.9. The number of amides is 1. The van der Waals surface area contributed by atoms with Gasteiger partial charge in [0, 0.05) is 16.8 Å². The number of rotatable bonds is 5. The smallest absolute Gasteiger partial charge is 0.249 e. The van der Waals surface area contributed by atoms with Gasteiger partial charge < -0.3 is 11.1 Å². The van der Waals surface area contributed by atoms with E-state index in [0.717, 1.165) is 35.5 Å². The second-order valence-corrected chi connectivity index (χ2v) is 8.20. The second-order valence-electron chi connectivity index (χ2n) is 4.92. The van der Waals surface area contributed by atoms with E-state index in [4.69, 9.17) is 5.73 Å². The van der Waals surface area contributed by atoms with Crippen molar-refractivity contribution in [3.8, 4) is 0 Å². The third-order valence-electron chi connectivity index (χ3n) is 3.45. The number of thiophene rings is 1. The van der Waals surface area contributed by atoms with Crippen LogP contribution in [0.15, 0.2) is 16.3 Å². The normalized spacial score (nSPS) is 22.9. The van der Waals surface area contributed by atoms with Crippen LogP contribution in [-0.4, -0.2) is 27.4 Å². The first-order valence-electron chi connectivity index (χ1n) is 6.48. The largest absolute Gasteiger partial charge is 0.351 e. The van der Waals surface area contributed by atoms with Crippen LogP contribution in [0.3, 0.4) is 0 Å². The van der Waals surface area contributed by atoms with Crippen LogP contribution < -0.4 is 15.8 Å². The standard InChI is InChI=1S/C12H19N3O3S2/c1-14-20(17,18)11-5-4-10(19-11)7-15-12(16)8-2-3-9(13)6-8/h4-5,8-9,14H,2-3,6-7,13H2,1H3,(H,15,16). The van der Waals surface area contributed by atoms with Gasteiger partial charge in [0.15, 0.2) is 0 Å². The Morgan fingerprint density at radius 2 is 2.20 bits per heavy atom. The zero-order chi connectivity index (χ0) is 14.8.